The first-order chi connectivity index (χ1) is 8.96. The second kappa shape index (κ2) is 3.99. The van der Waals surface area contributed by atoms with E-state index in [2.05, 4.69) is 13.8 Å². The normalized spacial score (nSPS) is 32.2. The van der Waals surface area contributed by atoms with E-state index in [4.69, 9.17) is 9.47 Å². The zero-order chi connectivity index (χ0) is 13.7. The molecule has 1 heterocycles. The molecule has 3 rings (SSSR count). The highest BCUT2D eigenvalue weighted by molar-refractivity contribution is 5.90. The van der Waals surface area contributed by atoms with Crippen LogP contribution in [-0.2, 0) is 10.2 Å². The largest absolute Gasteiger partial charge is 0.487 e. The lowest BCUT2D eigenvalue weighted by atomic mass is 9.64. The fourth-order valence-electron chi connectivity index (χ4n) is 3.79. The molecule has 0 saturated heterocycles. The molecule has 2 bridgehead atoms. The number of benzene rings is 1. The average Bonchev–Trinajstić information content (AvgIpc) is 2.35. The summed E-state index contributed by atoms with van der Waals surface area (Å²) in [5, 5.41) is 0. The van der Waals surface area contributed by atoms with E-state index in [9.17, 15) is 4.79 Å². The minimum absolute atomic E-state index is 0.0885. The summed E-state index contributed by atoms with van der Waals surface area (Å²) in [5.74, 6) is 0.552. The van der Waals surface area contributed by atoms with E-state index in [1.807, 2.05) is 18.2 Å². The van der Waals surface area contributed by atoms with Crippen LogP contribution in [0, 0.1) is 0 Å². The van der Waals surface area contributed by atoms with Gasteiger partial charge in [-0.25, -0.2) is 4.79 Å². The standard InChI is InChI=1S/C16H20O3/c1-15-7-4-8-16(2,10-15)19-13-9-11(14(17)18-3)5-6-12(13)15/h5-6,9H,4,7-8,10H2,1-3H3/t15-,16+/m1/s1. The number of rotatable bonds is 1. The smallest absolute Gasteiger partial charge is 0.337 e. The van der Waals surface area contributed by atoms with Crippen LogP contribution in [0.25, 0.3) is 0 Å². The maximum atomic E-state index is 11.6. The Morgan fingerprint density at radius 3 is 2.84 bits per heavy atom. The molecule has 0 N–H and O–H groups in total. The SMILES string of the molecule is COC(=O)c1ccc2c(c1)O[C@@]1(C)CCC[C@]2(C)C1. The van der Waals surface area contributed by atoms with Gasteiger partial charge in [0.2, 0.25) is 0 Å². The Hall–Kier alpha value is -1.51. The molecule has 19 heavy (non-hydrogen) atoms. The molecular formula is C16H20O3. The first-order valence-electron chi connectivity index (χ1n) is 6.88. The van der Waals surface area contributed by atoms with Crippen molar-refractivity contribution in [1.29, 1.82) is 0 Å². The molecule has 0 radical (unpaired) electrons. The van der Waals surface area contributed by atoms with Gasteiger partial charge in [0.25, 0.3) is 0 Å². The zero-order valence-electron chi connectivity index (χ0n) is 11.8. The average molecular weight is 260 g/mol. The van der Waals surface area contributed by atoms with Crippen LogP contribution in [0.15, 0.2) is 18.2 Å². The highest BCUT2D eigenvalue weighted by Gasteiger charge is 2.47. The third kappa shape index (κ3) is 1.92. The lowest BCUT2D eigenvalue weighted by molar-refractivity contribution is -0.00542. The molecular weight excluding hydrogens is 240 g/mol. The van der Waals surface area contributed by atoms with Crippen molar-refractivity contribution in [3.05, 3.63) is 29.3 Å². The number of fused-ring (bicyclic) bond motifs is 4. The predicted molar refractivity (Wildman–Crippen MR) is 72.6 cm³/mol. The molecule has 3 heteroatoms. The van der Waals surface area contributed by atoms with Crippen LogP contribution < -0.4 is 4.74 Å². The number of carbonyl (C=O) groups excluding carboxylic acids is 1. The van der Waals surface area contributed by atoms with Crippen LogP contribution in [0.2, 0.25) is 0 Å². The van der Waals surface area contributed by atoms with Gasteiger partial charge in [-0.3, -0.25) is 0 Å². The summed E-state index contributed by atoms with van der Waals surface area (Å²) in [4.78, 5) is 11.6. The molecule has 0 amide bonds. The van der Waals surface area contributed by atoms with Gasteiger partial charge in [0.15, 0.2) is 0 Å². The molecule has 1 fully saturated rings. The maximum Gasteiger partial charge on any atom is 0.337 e. The van der Waals surface area contributed by atoms with Crippen LogP contribution in [0.4, 0.5) is 0 Å². The number of carbonyl (C=O) groups is 1. The molecule has 0 spiro atoms. The van der Waals surface area contributed by atoms with Gasteiger partial charge in [-0.05, 0) is 50.2 Å². The minimum Gasteiger partial charge on any atom is -0.487 e. The number of hydrogen-bond donors (Lipinski definition) is 0. The summed E-state index contributed by atoms with van der Waals surface area (Å²) in [6.07, 6.45) is 4.54. The van der Waals surface area contributed by atoms with Gasteiger partial charge in [0.05, 0.1) is 12.7 Å². The van der Waals surface area contributed by atoms with Crippen LogP contribution in [0.5, 0.6) is 5.75 Å². The lowest BCUT2D eigenvalue weighted by Gasteiger charge is -2.50. The Bertz CT molecular complexity index is 537. The fourth-order valence-corrected chi connectivity index (χ4v) is 3.79. The molecule has 3 nitrogen and oxygen atoms in total. The second-order valence-electron chi connectivity index (χ2n) is 6.35. The summed E-state index contributed by atoms with van der Waals surface area (Å²) in [7, 11) is 1.40. The molecule has 2 aliphatic rings. The molecule has 1 aromatic rings. The number of methoxy groups -OCH3 is 1. The molecule has 1 aliphatic carbocycles. The Labute approximate surface area is 113 Å². The molecule has 2 atom stereocenters. The summed E-state index contributed by atoms with van der Waals surface area (Å²) in [6.45, 7) is 4.49. The van der Waals surface area contributed by atoms with Crippen molar-refractivity contribution in [2.45, 2.75) is 50.5 Å². The van der Waals surface area contributed by atoms with Crippen molar-refractivity contribution in [3.8, 4) is 5.75 Å². The molecule has 1 saturated carbocycles. The zero-order valence-corrected chi connectivity index (χ0v) is 11.8. The van der Waals surface area contributed by atoms with Gasteiger partial charge in [-0.15, -0.1) is 0 Å². The molecule has 102 valence electrons. The van der Waals surface area contributed by atoms with Gasteiger partial charge in [-0.2, -0.15) is 0 Å². The summed E-state index contributed by atoms with van der Waals surface area (Å²) >= 11 is 0. The number of esters is 1. The first-order valence-corrected chi connectivity index (χ1v) is 6.88. The third-order valence-corrected chi connectivity index (χ3v) is 4.61. The van der Waals surface area contributed by atoms with Gasteiger partial charge in [-0.1, -0.05) is 13.0 Å². The highest BCUT2D eigenvalue weighted by Crippen LogP contribution is 2.52. The van der Waals surface area contributed by atoms with Crippen molar-refractivity contribution in [3.63, 3.8) is 0 Å². The van der Waals surface area contributed by atoms with Gasteiger partial charge in [0.1, 0.15) is 11.4 Å². The van der Waals surface area contributed by atoms with Crippen molar-refractivity contribution >= 4 is 5.97 Å². The van der Waals surface area contributed by atoms with E-state index in [1.165, 1.54) is 25.5 Å². The van der Waals surface area contributed by atoms with Crippen LogP contribution in [0.3, 0.4) is 0 Å². The van der Waals surface area contributed by atoms with E-state index < -0.39 is 0 Å². The Morgan fingerprint density at radius 1 is 1.32 bits per heavy atom. The molecule has 0 aromatic heterocycles. The summed E-state index contributed by atoms with van der Waals surface area (Å²) in [5.41, 5.74) is 1.88. The summed E-state index contributed by atoms with van der Waals surface area (Å²) < 4.78 is 11.0. The monoisotopic (exact) mass is 260 g/mol. The summed E-state index contributed by atoms with van der Waals surface area (Å²) in [6, 6.07) is 5.71. The fraction of sp³-hybridized carbons (Fsp3) is 0.562. The molecule has 1 aromatic carbocycles. The Morgan fingerprint density at radius 2 is 2.11 bits per heavy atom. The van der Waals surface area contributed by atoms with E-state index >= 15 is 0 Å². The number of hydrogen-bond acceptors (Lipinski definition) is 3. The Kier molecular flexibility index (Phi) is 2.63. The highest BCUT2D eigenvalue weighted by atomic mass is 16.5. The van der Waals surface area contributed by atoms with Gasteiger partial charge in [0, 0.05) is 5.56 Å². The predicted octanol–water partition coefficient (Wildman–Crippen LogP) is 3.46. The molecule has 1 aliphatic heterocycles. The lowest BCUT2D eigenvalue weighted by Crippen LogP contribution is -2.48. The van der Waals surface area contributed by atoms with Crippen molar-refractivity contribution in [2.75, 3.05) is 7.11 Å². The maximum absolute atomic E-state index is 11.6. The molecule has 0 unspecified atom stereocenters. The van der Waals surface area contributed by atoms with Crippen LogP contribution in [0.1, 0.15) is 55.5 Å². The number of ether oxygens (including phenoxy) is 2. The quantitative estimate of drug-likeness (QED) is 0.725. The van der Waals surface area contributed by atoms with Crippen LogP contribution in [-0.4, -0.2) is 18.7 Å². The van der Waals surface area contributed by atoms with Crippen LogP contribution >= 0.6 is 0 Å². The van der Waals surface area contributed by atoms with Gasteiger partial charge >= 0.3 is 5.97 Å². The van der Waals surface area contributed by atoms with E-state index in [0.717, 1.165) is 18.6 Å². The third-order valence-electron chi connectivity index (χ3n) is 4.61. The van der Waals surface area contributed by atoms with Crippen molar-refractivity contribution in [2.24, 2.45) is 0 Å². The van der Waals surface area contributed by atoms with Gasteiger partial charge < -0.3 is 9.47 Å². The topological polar surface area (TPSA) is 35.5 Å². The van der Waals surface area contributed by atoms with Crippen molar-refractivity contribution in [1.82, 2.24) is 0 Å². The minimum atomic E-state index is -0.308. The van der Waals surface area contributed by atoms with Crippen molar-refractivity contribution < 1.29 is 14.3 Å². The first kappa shape index (κ1) is 12.5. The second-order valence-corrected chi connectivity index (χ2v) is 6.35. The van der Waals surface area contributed by atoms with E-state index in [0.29, 0.717) is 5.56 Å². The van der Waals surface area contributed by atoms with E-state index in [1.54, 1.807) is 0 Å². The van der Waals surface area contributed by atoms with E-state index in [-0.39, 0.29) is 17.0 Å². The Balaban J connectivity index is 2.08.